The Hall–Kier alpha value is -0.680. The molecule has 0 saturated heterocycles. The van der Waals surface area contributed by atoms with Crippen LogP contribution in [0.5, 0.6) is 0 Å². The summed E-state index contributed by atoms with van der Waals surface area (Å²) in [5.41, 5.74) is 0.139. The van der Waals surface area contributed by atoms with E-state index in [1.165, 1.54) is 12.1 Å². The molecule has 0 saturated carbocycles. The van der Waals surface area contributed by atoms with Gasteiger partial charge < -0.3 is 0 Å². The third-order valence-corrected chi connectivity index (χ3v) is 2.94. The van der Waals surface area contributed by atoms with Crippen molar-refractivity contribution < 1.29 is 4.92 Å². The minimum atomic E-state index is -0.395. The third kappa shape index (κ3) is 2.42. The quantitative estimate of drug-likeness (QED) is 0.428. The Bertz CT molecular complexity index is 273. The molecule has 64 valence electrons. The van der Waals surface area contributed by atoms with Crippen LogP contribution < -0.4 is 0 Å². The Morgan fingerprint density at radius 3 is 2.33 bits per heavy atom. The highest BCUT2D eigenvalue weighted by atomic mass is 33.1. The highest BCUT2D eigenvalue weighted by molar-refractivity contribution is 8.76. The van der Waals surface area contributed by atoms with E-state index in [9.17, 15) is 10.1 Å². The van der Waals surface area contributed by atoms with Crippen LogP contribution in [-0.2, 0) is 0 Å². The van der Waals surface area contributed by atoms with Crippen molar-refractivity contribution in [3.8, 4) is 0 Å². The number of nitro groups is 1. The van der Waals surface area contributed by atoms with Gasteiger partial charge in [-0.2, -0.15) is 0 Å². The molecular weight excluding hydrogens is 194 g/mol. The molecule has 0 aliphatic rings. The average molecular weight is 201 g/mol. The lowest BCUT2D eigenvalue weighted by Crippen LogP contribution is -1.85. The van der Waals surface area contributed by atoms with Gasteiger partial charge in [0.25, 0.3) is 5.69 Å². The molecule has 1 aromatic carbocycles. The molecule has 0 aliphatic heterocycles. The summed E-state index contributed by atoms with van der Waals surface area (Å²) in [6.07, 6.45) is 1.96. The van der Waals surface area contributed by atoms with E-state index < -0.39 is 4.92 Å². The first kappa shape index (κ1) is 9.41. The number of hydrogen-bond acceptors (Lipinski definition) is 4. The van der Waals surface area contributed by atoms with Crippen molar-refractivity contribution in [2.75, 3.05) is 6.26 Å². The van der Waals surface area contributed by atoms with Crippen molar-refractivity contribution in [3.05, 3.63) is 34.4 Å². The molecule has 1 rings (SSSR count). The summed E-state index contributed by atoms with van der Waals surface area (Å²) in [6, 6.07) is 6.52. The van der Waals surface area contributed by atoms with E-state index in [0.717, 1.165) is 4.90 Å². The fourth-order valence-corrected chi connectivity index (χ4v) is 2.07. The number of benzene rings is 1. The van der Waals surface area contributed by atoms with Gasteiger partial charge in [0, 0.05) is 17.0 Å². The topological polar surface area (TPSA) is 43.1 Å². The highest BCUT2D eigenvalue weighted by Gasteiger charge is 2.02. The van der Waals surface area contributed by atoms with E-state index in [1.54, 1.807) is 33.7 Å². The lowest BCUT2D eigenvalue weighted by Gasteiger charge is -1.95. The summed E-state index contributed by atoms with van der Waals surface area (Å²) in [4.78, 5) is 10.9. The van der Waals surface area contributed by atoms with Crippen LogP contribution in [0.3, 0.4) is 0 Å². The van der Waals surface area contributed by atoms with Gasteiger partial charge in [0.15, 0.2) is 0 Å². The van der Waals surface area contributed by atoms with Crippen LogP contribution in [0.15, 0.2) is 29.2 Å². The van der Waals surface area contributed by atoms with Gasteiger partial charge in [0.2, 0.25) is 0 Å². The second-order valence-corrected chi connectivity index (χ2v) is 4.47. The molecule has 0 aromatic heterocycles. The largest absolute Gasteiger partial charge is 0.269 e. The molecule has 0 bridgehead atoms. The SMILES string of the molecule is CSSc1ccc([N+](=O)[O-])cc1. The minimum absolute atomic E-state index is 0.139. The Morgan fingerprint density at radius 1 is 1.33 bits per heavy atom. The zero-order valence-corrected chi connectivity index (χ0v) is 8.02. The average Bonchev–Trinajstić information content (AvgIpc) is 2.06. The van der Waals surface area contributed by atoms with Crippen molar-refractivity contribution in [2.45, 2.75) is 4.90 Å². The molecule has 1 aromatic rings. The van der Waals surface area contributed by atoms with E-state index in [2.05, 4.69) is 0 Å². The fraction of sp³-hybridized carbons (Fsp3) is 0.143. The monoisotopic (exact) mass is 201 g/mol. The van der Waals surface area contributed by atoms with E-state index in [-0.39, 0.29) is 5.69 Å². The van der Waals surface area contributed by atoms with Crippen LogP contribution in [0.1, 0.15) is 0 Å². The maximum atomic E-state index is 10.3. The normalized spacial score (nSPS) is 9.75. The lowest BCUT2D eigenvalue weighted by molar-refractivity contribution is -0.384. The van der Waals surface area contributed by atoms with Crippen LogP contribution in [0.25, 0.3) is 0 Å². The molecule has 0 aliphatic carbocycles. The summed E-state index contributed by atoms with van der Waals surface area (Å²) in [5.74, 6) is 0. The van der Waals surface area contributed by atoms with E-state index in [0.29, 0.717) is 0 Å². The molecular formula is C7H7NO2S2. The fourth-order valence-electron chi connectivity index (χ4n) is 0.720. The van der Waals surface area contributed by atoms with Crippen LogP contribution in [0.2, 0.25) is 0 Å². The predicted octanol–water partition coefficient (Wildman–Crippen LogP) is 2.96. The van der Waals surface area contributed by atoms with Crippen molar-refractivity contribution in [1.82, 2.24) is 0 Å². The number of nitrogens with zero attached hydrogens (tertiary/aromatic N) is 1. The van der Waals surface area contributed by atoms with Crippen molar-refractivity contribution in [2.24, 2.45) is 0 Å². The Balaban J connectivity index is 2.78. The summed E-state index contributed by atoms with van der Waals surface area (Å²) >= 11 is 0. The van der Waals surface area contributed by atoms with E-state index >= 15 is 0 Å². The summed E-state index contributed by atoms with van der Waals surface area (Å²) in [6.45, 7) is 0. The van der Waals surface area contributed by atoms with Crippen LogP contribution in [-0.4, -0.2) is 11.2 Å². The molecule has 0 spiro atoms. The Kier molecular flexibility index (Phi) is 3.43. The van der Waals surface area contributed by atoms with Gasteiger partial charge in [-0.15, -0.1) is 0 Å². The van der Waals surface area contributed by atoms with Gasteiger partial charge >= 0.3 is 0 Å². The molecule has 0 N–H and O–H groups in total. The smallest absolute Gasteiger partial charge is 0.258 e. The molecule has 0 heterocycles. The summed E-state index contributed by atoms with van der Waals surface area (Å²) < 4.78 is 0. The molecule has 5 heteroatoms. The standard InChI is InChI=1S/C7H7NO2S2/c1-11-12-7-4-2-6(3-5-7)8(9)10/h2-5H,1H3. The van der Waals surface area contributed by atoms with E-state index in [4.69, 9.17) is 0 Å². The molecule has 0 fully saturated rings. The highest BCUT2D eigenvalue weighted by Crippen LogP contribution is 2.29. The molecule has 0 atom stereocenters. The molecule has 3 nitrogen and oxygen atoms in total. The van der Waals surface area contributed by atoms with Gasteiger partial charge in [-0.1, -0.05) is 21.6 Å². The van der Waals surface area contributed by atoms with Crippen LogP contribution in [0.4, 0.5) is 5.69 Å². The molecule has 12 heavy (non-hydrogen) atoms. The molecule has 0 amide bonds. The first-order valence-electron chi connectivity index (χ1n) is 3.19. The van der Waals surface area contributed by atoms with Gasteiger partial charge in [-0.05, 0) is 18.4 Å². The van der Waals surface area contributed by atoms with Crippen molar-refractivity contribution in [1.29, 1.82) is 0 Å². The first-order valence-corrected chi connectivity index (χ1v) is 5.75. The van der Waals surface area contributed by atoms with Gasteiger partial charge in [0.1, 0.15) is 0 Å². The number of rotatable bonds is 3. The molecule has 0 unspecified atom stereocenters. The second-order valence-electron chi connectivity index (χ2n) is 2.00. The van der Waals surface area contributed by atoms with Gasteiger partial charge in [-0.25, -0.2) is 0 Å². The first-order chi connectivity index (χ1) is 5.74. The number of nitro benzene ring substituents is 1. The van der Waals surface area contributed by atoms with Crippen molar-refractivity contribution >= 4 is 27.3 Å². The molecule has 0 radical (unpaired) electrons. The minimum Gasteiger partial charge on any atom is -0.258 e. The number of hydrogen-bond donors (Lipinski definition) is 0. The zero-order chi connectivity index (χ0) is 8.97. The second kappa shape index (κ2) is 4.37. The van der Waals surface area contributed by atoms with Crippen LogP contribution >= 0.6 is 21.6 Å². The lowest BCUT2D eigenvalue weighted by atomic mass is 10.3. The number of non-ortho nitro benzene ring substituents is 1. The van der Waals surface area contributed by atoms with Crippen molar-refractivity contribution in [3.63, 3.8) is 0 Å². The Morgan fingerprint density at radius 2 is 1.92 bits per heavy atom. The van der Waals surface area contributed by atoms with E-state index in [1.807, 2.05) is 6.26 Å². The van der Waals surface area contributed by atoms with Gasteiger partial charge in [-0.3, -0.25) is 10.1 Å². The maximum Gasteiger partial charge on any atom is 0.269 e. The van der Waals surface area contributed by atoms with Gasteiger partial charge in [0.05, 0.1) is 4.92 Å². The predicted molar refractivity (Wildman–Crippen MR) is 52.5 cm³/mol. The Labute approximate surface area is 78.1 Å². The maximum absolute atomic E-state index is 10.3. The summed E-state index contributed by atoms with van der Waals surface area (Å²) in [7, 11) is 3.21. The van der Waals surface area contributed by atoms with Crippen LogP contribution in [0, 0.1) is 10.1 Å². The third-order valence-electron chi connectivity index (χ3n) is 1.23. The summed E-state index contributed by atoms with van der Waals surface area (Å²) in [5, 5.41) is 10.3. The zero-order valence-electron chi connectivity index (χ0n) is 6.39.